The molecule has 8 aromatic carbocycles. The monoisotopic (exact) mass is 889 g/mol. The van der Waals surface area contributed by atoms with Crippen LogP contribution in [0.3, 0.4) is 0 Å². The fraction of sp³-hybridized carbons (Fsp3) is 0.222. The Morgan fingerprint density at radius 3 is 1.45 bits per heavy atom. The van der Waals surface area contributed by atoms with E-state index in [1.54, 1.807) is 0 Å². The van der Waals surface area contributed by atoms with Crippen LogP contribution in [0.2, 0.25) is 0 Å². The second kappa shape index (κ2) is 20.5. The molecule has 0 saturated carbocycles. The number of aryl methyl sites for hydroxylation is 4. The molecule has 0 spiro atoms. The summed E-state index contributed by atoms with van der Waals surface area (Å²) < 4.78 is 0. The van der Waals surface area contributed by atoms with E-state index in [0.717, 1.165) is 22.4 Å². The second-order valence-corrected chi connectivity index (χ2v) is 20.7. The number of halogens is 2. The van der Waals surface area contributed by atoms with E-state index in [4.69, 9.17) is 17.0 Å². The van der Waals surface area contributed by atoms with Crippen LogP contribution in [0.4, 0.5) is 0 Å². The zero-order chi connectivity index (χ0) is 41.3. The molecule has 0 aliphatic carbocycles. The van der Waals surface area contributed by atoms with Crippen molar-refractivity contribution in [3.05, 3.63) is 179 Å². The first-order valence-corrected chi connectivity index (χ1v) is 27.8. The van der Waals surface area contributed by atoms with Crippen molar-refractivity contribution in [1.29, 1.82) is 0 Å². The minimum Gasteiger partial charge on any atom is -0.184 e. The minimum absolute atomic E-state index is 0.576. The van der Waals surface area contributed by atoms with Gasteiger partial charge in [-0.2, -0.15) is 41.6 Å². The largest absolute Gasteiger partial charge is 0.184 e. The molecule has 0 atom stereocenters. The third kappa shape index (κ3) is 9.80. The first-order valence-electron chi connectivity index (χ1n) is 20.5. The van der Waals surface area contributed by atoms with Crippen LogP contribution in [-0.4, -0.2) is 9.52 Å². The van der Waals surface area contributed by atoms with Crippen molar-refractivity contribution in [2.24, 2.45) is 0 Å². The molecular formula is C54H53Cl2SiZr-3. The summed E-state index contributed by atoms with van der Waals surface area (Å²) in [5.74, 6) is 1.15. The van der Waals surface area contributed by atoms with Gasteiger partial charge < -0.3 is 0 Å². The Bertz CT molecular complexity index is 2430. The number of benzene rings is 6. The maximum Gasteiger partial charge on any atom is 0.0920 e. The van der Waals surface area contributed by atoms with Crippen LogP contribution < -0.4 is 10.4 Å². The van der Waals surface area contributed by atoms with Gasteiger partial charge in [-0.1, -0.05) is 147 Å². The summed E-state index contributed by atoms with van der Waals surface area (Å²) in [5.41, 5.74) is 16.8. The van der Waals surface area contributed by atoms with Gasteiger partial charge in [-0.15, -0.1) is 74.6 Å². The molecule has 294 valence electrons. The molecule has 0 saturated heterocycles. The SMILES string of the molecule is CCc1ccc2[cH-]c(C(C)C)cc2c1-c1ccccc1C.CCc1ccc2[cH-]c(C(C)C)cc2c1-c1ccccc1C.[Cl][Zr][Cl].[c-]1cccc2c1[Si]c1ccccc1-2. The Balaban J connectivity index is 0.000000145. The fourth-order valence-electron chi connectivity index (χ4n) is 8.03. The molecule has 0 amide bonds. The van der Waals surface area contributed by atoms with Crippen molar-refractivity contribution in [1.82, 2.24) is 0 Å². The van der Waals surface area contributed by atoms with Crippen LogP contribution in [0.25, 0.3) is 54.9 Å². The van der Waals surface area contributed by atoms with Crippen molar-refractivity contribution in [2.75, 3.05) is 0 Å². The maximum atomic E-state index is 4.93. The molecule has 1 aliphatic heterocycles. The number of fused-ring (bicyclic) bond motifs is 5. The van der Waals surface area contributed by atoms with Crippen molar-refractivity contribution >= 4 is 58.5 Å². The molecule has 2 radical (unpaired) electrons. The van der Waals surface area contributed by atoms with Gasteiger partial charge in [0.25, 0.3) is 0 Å². The number of hydrogen-bond donors (Lipinski definition) is 0. The first kappa shape index (κ1) is 43.8. The molecule has 0 fully saturated rings. The van der Waals surface area contributed by atoms with E-state index in [9.17, 15) is 0 Å². The molecule has 0 nitrogen and oxygen atoms in total. The zero-order valence-corrected chi connectivity index (χ0v) is 40.1. The molecule has 4 heteroatoms. The van der Waals surface area contributed by atoms with Gasteiger partial charge in [0, 0.05) is 0 Å². The summed E-state index contributed by atoms with van der Waals surface area (Å²) in [6.07, 6.45) is 2.14. The topological polar surface area (TPSA) is 0 Å². The van der Waals surface area contributed by atoms with E-state index < -0.39 is 20.8 Å². The van der Waals surface area contributed by atoms with E-state index in [-0.39, 0.29) is 0 Å². The summed E-state index contributed by atoms with van der Waals surface area (Å²) in [7, 11) is 10.7. The van der Waals surface area contributed by atoms with Gasteiger partial charge in [0.1, 0.15) is 0 Å². The van der Waals surface area contributed by atoms with E-state index >= 15 is 0 Å². The Morgan fingerprint density at radius 1 is 0.569 bits per heavy atom. The summed E-state index contributed by atoms with van der Waals surface area (Å²) in [6, 6.07) is 54.3. The predicted octanol–water partition coefficient (Wildman–Crippen LogP) is 14.9. The number of hydrogen-bond acceptors (Lipinski definition) is 0. The standard InChI is InChI=1S/2C21H23.C12H7Si.2ClH.Zr/c2*1-5-16-10-11-17-12-18(14(2)3)13-20(17)21(16)19-9-7-6-8-15(19)4;1-3-7-11-9(5-1)10-6-2-4-8-12(10)13-11;;;/h2*6-14H,5H2,1-4H3;1-7H;2*1H;/q3*-1;;;+2/p-2. The van der Waals surface area contributed by atoms with Gasteiger partial charge in [-0.25, -0.2) is 0 Å². The molecule has 0 N–H and O–H groups in total. The Labute approximate surface area is 368 Å². The molecule has 58 heavy (non-hydrogen) atoms. The van der Waals surface area contributed by atoms with Crippen molar-refractivity contribution in [3.63, 3.8) is 0 Å². The van der Waals surface area contributed by atoms with Crippen molar-refractivity contribution < 1.29 is 20.8 Å². The Hall–Kier alpha value is -3.78. The van der Waals surface area contributed by atoms with Crippen molar-refractivity contribution in [2.45, 2.75) is 80.1 Å². The van der Waals surface area contributed by atoms with Gasteiger partial charge in [-0.3, -0.25) is 0 Å². The van der Waals surface area contributed by atoms with Gasteiger partial charge in [0.05, 0.1) is 9.52 Å². The molecular weight excluding hydrogens is 839 g/mol. The van der Waals surface area contributed by atoms with Crippen LogP contribution in [0.1, 0.15) is 86.8 Å². The van der Waals surface area contributed by atoms with Crippen LogP contribution in [0.15, 0.2) is 140 Å². The van der Waals surface area contributed by atoms with E-state index in [2.05, 4.69) is 195 Å². The summed E-state index contributed by atoms with van der Waals surface area (Å²) in [5, 5.41) is 8.38. The molecule has 0 aromatic heterocycles. The third-order valence-electron chi connectivity index (χ3n) is 11.3. The third-order valence-corrected chi connectivity index (χ3v) is 12.6. The Kier molecular flexibility index (Phi) is 15.4. The summed E-state index contributed by atoms with van der Waals surface area (Å²) >= 11 is -0.826. The normalized spacial score (nSPS) is 11.3. The molecule has 0 bridgehead atoms. The quantitative estimate of drug-likeness (QED) is 0.115. The van der Waals surface area contributed by atoms with Gasteiger partial charge in [0.15, 0.2) is 0 Å². The second-order valence-electron chi connectivity index (χ2n) is 15.6. The van der Waals surface area contributed by atoms with Crippen LogP contribution in [-0.2, 0) is 33.7 Å². The molecule has 1 heterocycles. The van der Waals surface area contributed by atoms with E-state index in [1.165, 1.54) is 98.7 Å². The summed E-state index contributed by atoms with van der Waals surface area (Å²) in [6.45, 7) is 18.0. The van der Waals surface area contributed by atoms with Gasteiger partial charge in [-0.05, 0) is 60.8 Å². The summed E-state index contributed by atoms with van der Waals surface area (Å²) in [4.78, 5) is 0. The molecule has 1 aliphatic rings. The predicted molar refractivity (Wildman–Crippen MR) is 254 cm³/mol. The number of rotatable bonds is 6. The van der Waals surface area contributed by atoms with Crippen molar-refractivity contribution in [3.8, 4) is 33.4 Å². The average molecular weight is 892 g/mol. The van der Waals surface area contributed by atoms with Crippen LogP contribution >= 0.6 is 17.0 Å². The van der Waals surface area contributed by atoms with E-state index in [0.29, 0.717) is 11.8 Å². The van der Waals surface area contributed by atoms with Gasteiger partial charge in [0.2, 0.25) is 0 Å². The molecule has 8 aromatic rings. The van der Waals surface area contributed by atoms with E-state index in [1.807, 2.05) is 6.07 Å². The van der Waals surface area contributed by atoms with Crippen LogP contribution in [0.5, 0.6) is 0 Å². The molecule has 0 unspecified atom stereocenters. The smallest absolute Gasteiger partial charge is 0.0920 e. The fourth-order valence-corrected chi connectivity index (χ4v) is 9.34. The van der Waals surface area contributed by atoms with Crippen LogP contribution in [0, 0.1) is 19.9 Å². The minimum atomic E-state index is -0.826. The molecule has 9 rings (SSSR count). The Morgan fingerprint density at radius 2 is 1.00 bits per heavy atom. The van der Waals surface area contributed by atoms with Gasteiger partial charge >= 0.3 is 37.9 Å². The zero-order valence-electron chi connectivity index (χ0n) is 35.1. The average Bonchev–Trinajstić information content (AvgIpc) is 3.97. The first-order chi connectivity index (χ1) is 28.1. The maximum absolute atomic E-state index is 4.93.